The van der Waals surface area contributed by atoms with Gasteiger partial charge in [0.05, 0.1) is 25.8 Å². The second-order valence-corrected chi connectivity index (χ2v) is 7.49. The van der Waals surface area contributed by atoms with Gasteiger partial charge in [0, 0.05) is 50.1 Å². The van der Waals surface area contributed by atoms with Gasteiger partial charge in [-0.15, -0.1) is 0 Å². The molecule has 0 unspecified atom stereocenters. The van der Waals surface area contributed by atoms with E-state index >= 15 is 0 Å². The Kier molecular flexibility index (Phi) is 6.01. The lowest BCUT2D eigenvalue weighted by Gasteiger charge is -2.28. The molecule has 7 heteroatoms. The number of fused-ring (bicyclic) bond motifs is 1. The van der Waals surface area contributed by atoms with Crippen molar-refractivity contribution in [3.8, 4) is 17.7 Å². The summed E-state index contributed by atoms with van der Waals surface area (Å²) in [5.74, 6) is 6.81. The molecule has 158 valence electrons. The Morgan fingerprint density at radius 3 is 2.74 bits per heavy atom. The molecule has 0 fully saturated rings. The number of pyridine rings is 1. The number of methoxy groups -OCH3 is 1. The average molecular weight is 416 g/mol. The van der Waals surface area contributed by atoms with Crippen LogP contribution in [0.3, 0.4) is 0 Å². The van der Waals surface area contributed by atoms with Gasteiger partial charge in [0.1, 0.15) is 0 Å². The summed E-state index contributed by atoms with van der Waals surface area (Å²) in [7, 11) is 3.32. The Bertz CT molecular complexity index is 1270. The fourth-order valence-corrected chi connectivity index (χ4v) is 3.81. The largest absolute Gasteiger partial charge is 0.481 e. The van der Waals surface area contributed by atoms with Crippen LogP contribution in [0.15, 0.2) is 58.3 Å². The molecule has 2 aromatic heterocycles. The summed E-state index contributed by atoms with van der Waals surface area (Å²) in [4.78, 5) is 32.2. The van der Waals surface area contributed by atoms with E-state index in [9.17, 15) is 9.59 Å². The minimum Gasteiger partial charge on any atom is -0.481 e. The number of hydrogen-bond donors (Lipinski definition) is 0. The summed E-state index contributed by atoms with van der Waals surface area (Å²) in [6.45, 7) is 2.02. The van der Waals surface area contributed by atoms with Crippen LogP contribution in [0.1, 0.15) is 22.4 Å². The summed E-state index contributed by atoms with van der Waals surface area (Å²) < 4.78 is 8.07. The van der Waals surface area contributed by atoms with Crippen LogP contribution < -0.4 is 16.0 Å². The zero-order chi connectivity index (χ0) is 21.8. The molecule has 3 heterocycles. The standard InChI is InChI=1S/C24H24N4O3/c1-26-21-11-14-27(13-6-9-18-10-12-25-22(15-18)31-2)17-20(21)23(29)28(24(26)30)16-19-7-4-3-5-8-19/h3-5,7-8,10,12,15H,11,13-14,16-17H2,1-2H3. The fourth-order valence-electron chi connectivity index (χ4n) is 3.81. The molecule has 4 rings (SSSR count). The van der Waals surface area contributed by atoms with Crippen LogP contribution in [0.25, 0.3) is 0 Å². The van der Waals surface area contributed by atoms with Gasteiger partial charge in [-0.1, -0.05) is 42.2 Å². The van der Waals surface area contributed by atoms with E-state index in [4.69, 9.17) is 4.74 Å². The van der Waals surface area contributed by atoms with Crippen LogP contribution in [-0.4, -0.2) is 39.2 Å². The first-order valence-corrected chi connectivity index (χ1v) is 10.1. The van der Waals surface area contributed by atoms with E-state index < -0.39 is 0 Å². The molecule has 1 aromatic carbocycles. The highest BCUT2D eigenvalue weighted by Gasteiger charge is 2.23. The van der Waals surface area contributed by atoms with Crippen molar-refractivity contribution < 1.29 is 4.74 Å². The average Bonchev–Trinajstić information content (AvgIpc) is 2.81. The number of aromatic nitrogens is 3. The van der Waals surface area contributed by atoms with E-state index in [-0.39, 0.29) is 17.8 Å². The minimum atomic E-state index is -0.271. The third-order valence-electron chi connectivity index (χ3n) is 5.48. The van der Waals surface area contributed by atoms with Crippen molar-refractivity contribution in [2.75, 3.05) is 20.2 Å². The Balaban J connectivity index is 1.56. The van der Waals surface area contributed by atoms with Crippen molar-refractivity contribution in [2.45, 2.75) is 19.5 Å². The molecule has 1 aliphatic rings. The second-order valence-electron chi connectivity index (χ2n) is 7.49. The summed E-state index contributed by atoms with van der Waals surface area (Å²) in [6, 6.07) is 13.2. The number of benzene rings is 1. The fraction of sp³-hybridized carbons (Fsp3) is 0.292. The number of rotatable bonds is 4. The van der Waals surface area contributed by atoms with E-state index in [1.54, 1.807) is 31.0 Å². The Morgan fingerprint density at radius 2 is 1.97 bits per heavy atom. The van der Waals surface area contributed by atoms with Gasteiger partial charge in [0.15, 0.2) is 0 Å². The van der Waals surface area contributed by atoms with Crippen LogP contribution >= 0.6 is 0 Å². The van der Waals surface area contributed by atoms with Crippen molar-refractivity contribution in [3.63, 3.8) is 0 Å². The van der Waals surface area contributed by atoms with Crippen molar-refractivity contribution in [1.29, 1.82) is 0 Å². The molecular weight excluding hydrogens is 392 g/mol. The predicted molar refractivity (Wildman–Crippen MR) is 118 cm³/mol. The number of nitrogens with zero attached hydrogens (tertiary/aromatic N) is 4. The highest BCUT2D eigenvalue weighted by Crippen LogP contribution is 2.14. The van der Waals surface area contributed by atoms with Crippen LogP contribution in [0, 0.1) is 11.8 Å². The van der Waals surface area contributed by atoms with E-state index in [0.717, 1.165) is 23.4 Å². The van der Waals surface area contributed by atoms with Gasteiger partial charge in [0.2, 0.25) is 5.88 Å². The van der Waals surface area contributed by atoms with Gasteiger partial charge in [-0.3, -0.25) is 14.3 Å². The molecule has 0 atom stereocenters. The van der Waals surface area contributed by atoms with Crippen molar-refractivity contribution in [2.24, 2.45) is 7.05 Å². The first-order chi connectivity index (χ1) is 15.1. The van der Waals surface area contributed by atoms with E-state index in [1.807, 2.05) is 36.4 Å². The monoisotopic (exact) mass is 416 g/mol. The SMILES string of the molecule is COc1cc(C#CCN2CCc3c(c(=O)n(Cc4ccccc4)c(=O)n3C)C2)ccn1. The van der Waals surface area contributed by atoms with Crippen LogP contribution in [0.5, 0.6) is 5.88 Å². The van der Waals surface area contributed by atoms with E-state index in [2.05, 4.69) is 21.7 Å². The molecule has 3 aromatic rings. The first kappa shape index (κ1) is 20.6. The smallest absolute Gasteiger partial charge is 0.331 e. The molecule has 0 aliphatic carbocycles. The van der Waals surface area contributed by atoms with Gasteiger partial charge < -0.3 is 9.30 Å². The maximum atomic E-state index is 13.2. The van der Waals surface area contributed by atoms with E-state index in [0.29, 0.717) is 31.0 Å². The maximum absolute atomic E-state index is 13.2. The zero-order valence-corrected chi connectivity index (χ0v) is 17.7. The third-order valence-corrected chi connectivity index (χ3v) is 5.48. The number of hydrogen-bond acceptors (Lipinski definition) is 5. The minimum absolute atomic E-state index is 0.210. The molecular formula is C24H24N4O3. The van der Waals surface area contributed by atoms with Gasteiger partial charge in [-0.2, -0.15) is 0 Å². The summed E-state index contributed by atoms with van der Waals surface area (Å²) in [5.41, 5.74) is 2.77. The molecule has 0 N–H and O–H groups in total. The van der Waals surface area contributed by atoms with Crippen LogP contribution in [0.2, 0.25) is 0 Å². The Morgan fingerprint density at radius 1 is 1.16 bits per heavy atom. The Hall–Kier alpha value is -3.63. The highest BCUT2D eigenvalue weighted by molar-refractivity contribution is 5.36. The van der Waals surface area contributed by atoms with E-state index in [1.165, 1.54) is 4.57 Å². The quantitative estimate of drug-likeness (QED) is 0.602. The summed E-state index contributed by atoms with van der Waals surface area (Å²) in [6.07, 6.45) is 2.31. The van der Waals surface area contributed by atoms with Gasteiger partial charge in [0.25, 0.3) is 5.56 Å². The lowest BCUT2D eigenvalue weighted by molar-refractivity contribution is 0.275. The predicted octanol–water partition coefficient (Wildman–Crippen LogP) is 1.41. The molecule has 0 amide bonds. The lowest BCUT2D eigenvalue weighted by Crippen LogP contribution is -2.47. The van der Waals surface area contributed by atoms with Gasteiger partial charge in [-0.05, 0) is 11.6 Å². The molecule has 0 bridgehead atoms. The van der Waals surface area contributed by atoms with Crippen LogP contribution in [0.4, 0.5) is 0 Å². The lowest BCUT2D eigenvalue weighted by atomic mass is 10.1. The molecule has 1 aliphatic heterocycles. The molecule has 0 radical (unpaired) electrons. The molecule has 0 saturated carbocycles. The maximum Gasteiger partial charge on any atom is 0.331 e. The third kappa shape index (κ3) is 4.44. The molecule has 31 heavy (non-hydrogen) atoms. The first-order valence-electron chi connectivity index (χ1n) is 10.1. The Labute approximate surface area is 180 Å². The topological polar surface area (TPSA) is 69.4 Å². The summed E-state index contributed by atoms with van der Waals surface area (Å²) in [5, 5.41) is 0. The molecule has 0 spiro atoms. The van der Waals surface area contributed by atoms with Crippen molar-refractivity contribution >= 4 is 0 Å². The summed E-state index contributed by atoms with van der Waals surface area (Å²) >= 11 is 0. The normalized spacial score (nSPS) is 13.2. The van der Waals surface area contributed by atoms with Crippen LogP contribution in [-0.2, 0) is 26.6 Å². The zero-order valence-electron chi connectivity index (χ0n) is 17.7. The van der Waals surface area contributed by atoms with Gasteiger partial charge in [-0.25, -0.2) is 9.78 Å². The number of ether oxygens (including phenoxy) is 1. The van der Waals surface area contributed by atoms with Gasteiger partial charge >= 0.3 is 5.69 Å². The van der Waals surface area contributed by atoms with Crippen molar-refractivity contribution in [1.82, 2.24) is 19.0 Å². The van der Waals surface area contributed by atoms with Crippen molar-refractivity contribution in [3.05, 3.63) is 91.9 Å². The molecule has 7 nitrogen and oxygen atoms in total. The second kappa shape index (κ2) is 9.02. The molecule has 0 saturated heterocycles. The highest BCUT2D eigenvalue weighted by atomic mass is 16.5.